The molecule has 0 unspecified atom stereocenters. The van der Waals surface area contributed by atoms with E-state index in [9.17, 15) is 19.2 Å². The highest BCUT2D eigenvalue weighted by molar-refractivity contribution is 6.01. The molecule has 1 aromatic heterocycles. The van der Waals surface area contributed by atoms with E-state index >= 15 is 0 Å². The molecule has 18 heavy (non-hydrogen) atoms. The Morgan fingerprint density at radius 1 is 1.28 bits per heavy atom. The number of carbonyl (C=O) groups is 3. The van der Waals surface area contributed by atoms with Crippen molar-refractivity contribution in [3.8, 4) is 0 Å². The third kappa shape index (κ3) is 2.56. The third-order valence-corrected chi connectivity index (χ3v) is 2.00. The molecule has 1 aliphatic heterocycles. The summed E-state index contributed by atoms with van der Waals surface area (Å²) in [5, 5.41) is 0.341. The summed E-state index contributed by atoms with van der Waals surface area (Å²) < 4.78 is 13.2. The van der Waals surface area contributed by atoms with E-state index in [2.05, 4.69) is 18.4 Å². The van der Waals surface area contributed by atoms with Gasteiger partial charge in [-0.3, -0.25) is 14.4 Å². The second-order valence-corrected chi connectivity index (χ2v) is 3.27. The third-order valence-electron chi connectivity index (χ3n) is 2.00. The standard InChI is InChI=1S/C9H7NO8/c11-6-1-2-7(12)10(6)18-9(14)16-4-5-3-15-8(13)17-5/h3H,1-2,4H2. The van der Waals surface area contributed by atoms with Crippen molar-refractivity contribution in [3.05, 3.63) is 22.6 Å². The number of imide groups is 1. The van der Waals surface area contributed by atoms with E-state index in [0.29, 0.717) is 5.06 Å². The van der Waals surface area contributed by atoms with E-state index in [4.69, 9.17) is 0 Å². The number of amides is 2. The Morgan fingerprint density at radius 3 is 2.50 bits per heavy atom. The first-order valence-corrected chi connectivity index (χ1v) is 4.84. The Bertz CT molecular complexity index is 525. The van der Waals surface area contributed by atoms with Crippen LogP contribution in [-0.4, -0.2) is 23.0 Å². The van der Waals surface area contributed by atoms with Crippen molar-refractivity contribution in [3.63, 3.8) is 0 Å². The van der Waals surface area contributed by atoms with Gasteiger partial charge in [0.2, 0.25) is 0 Å². The summed E-state index contributed by atoms with van der Waals surface area (Å²) in [6.07, 6.45) is -0.324. The Labute approximate surface area is 98.8 Å². The van der Waals surface area contributed by atoms with Crippen LogP contribution in [0.4, 0.5) is 4.79 Å². The van der Waals surface area contributed by atoms with Gasteiger partial charge in [0.25, 0.3) is 11.8 Å². The van der Waals surface area contributed by atoms with Crippen LogP contribution < -0.4 is 5.82 Å². The first kappa shape index (κ1) is 11.9. The largest absolute Gasteiger partial charge is 0.534 e. The molecule has 0 radical (unpaired) electrons. The maximum absolute atomic E-state index is 11.1. The Hall–Kier alpha value is -2.58. The molecule has 0 spiro atoms. The summed E-state index contributed by atoms with van der Waals surface area (Å²) in [7, 11) is 0. The topological polar surface area (TPSA) is 116 Å². The minimum Gasteiger partial charge on any atom is -0.424 e. The molecule has 1 saturated heterocycles. The fourth-order valence-electron chi connectivity index (χ4n) is 1.22. The monoisotopic (exact) mass is 257 g/mol. The zero-order valence-electron chi connectivity index (χ0n) is 8.91. The van der Waals surface area contributed by atoms with Crippen molar-refractivity contribution >= 4 is 18.0 Å². The van der Waals surface area contributed by atoms with Crippen LogP contribution in [0.25, 0.3) is 0 Å². The van der Waals surface area contributed by atoms with Crippen molar-refractivity contribution in [1.82, 2.24) is 5.06 Å². The highest BCUT2D eigenvalue weighted by atomic mass is 16.8. The van der Waals surface area contributed by atoms with E-state index < -0.39 is 30.4 Å². The molecule has 2 rings (SSSR count). The van der Waals surface area contributed by atoms with Crippen LogP contribution in [-0.2, 0) is 25.8 Å². The fourth-order valence-corrected chi connectivity index (χ4v) is 1.22. The number of rotatable bonds is 3. The van der Waals surface area contributed by atoms with Crippen LogP contribution >= 0.6 is 0 Å². The number of nitrogens with zero attached hydrogens (tertiary/aromatic N) is 1. The molecule has 0 atom stereocenters. The summed E-state index contributed by atoms with van der Waals surface area (Å²) in [5.74, 6) is -2.21. The zero-order chi connectivity index (χ0) is 13.1. The van der Waals surface area contributed by atoms with Crippen LogP contribution in [0.2, 0.25) is 0 Å². The summed E-state index contributed by atoms with van der Waals surface area (Å²) in [4.78, 5) is 48.2. The van der Waals surface area contributed by atoms with Crippen molar-refractivity contribution in [2.24, 2.45) is 0 Å². The van der Waals surface area contributed by atoms with Crippen molar-refractivity contribution in [2.75, 3.05) is 0 Å². The van der Waals surface area contributed by atoms with Crippen LogP contribution in [0.3, 0.4) is 0 Å². The van der Waals surface area contributed by atoms with Gasteiger partial charge in [0.1, 0.15) is 6.26 Å². The lowest BCUT2D eigenvalue weighted by atomic mass is 10.4. The van der Waals surface area contributed by atoms with Gasteiger partial charge in [-0.05, 0) is 0 Å². The Balaban J connectivity index is 1.84. The molecule has 1 fully saturated rings. The van der Waals surface area contributed by atoms with E-state index in [-0.39, 0.29) is 18.6 Å². The van der Waals surface area contributed by atoms with E-state index in [0.717, 1.165) is 6.26 Å². The molecule has 0 saturated carbocycles. The molecule has 2 amide bonds. The van der Waals surface area contributed by atoms with Gasteiger partial charge in [-0.2, -0.15) is 0 Å². The first-order chi connectivity index (χ1) is 8.56. The molecule has 2 heterocycles. The number of hydrogen-bond acceptors (Lipinski definition) is 8. The van der Waals surface area contributed by atoms with Crippen LogP contribution in [0.15, 0.2) is 19.9 Å². The second kappa shape index (κ2) is 4.73. The number of ether oxygens (including phenoxy) is 1. The summed E-state index contributed by atoms with van der Waals surface area (Å²) in [6, 6.07) is 0. The predicted octanol–water partition coefficient (Wildman–Crippen LogP) is -0.0500. The van der Waals surface area contributed by atoms with Crippen LogP contribution in [0.1, 0.15) is 18.6 Å². The normalized spacial score (nSPS) is 15.0. The van der Waals surface area contributed by atoms with Gasteiger partial charge >= 0.3 is 12.0 Å². The lowest BCUT2D eigenvalue weighted by Gasteiger charge is -2.11. The summed E-state index contributed by atoms with van der Waals surface area (Å²) in [6.45, 7) is -0.416. The first-order valence-electron chi connectivity index (χ1n) is 4.84. The quantitative estimate of drug-likeness (QED) is 0.546. The molecule has 96 valence electrons. The SMILES string of the molecule is O=C(OCc1coc(=O)o1)ON1C(=O)CCC1=O. The van der Waals surface area contributed by atoms with Crippen LogP contribution in [0, 0.1) is 0 Å². The molecule has 1 aliphatic rings. The lowest BCUT2D eigenvalue weighted by molar-refractivity contribution is -0.177. The minimum atomic E-state index is -1.26. The molecule has 9 heteroatoms. The molecule has 1 aromatic rings. The second-order valence-electron chi connectivity index (χ2n) is 3.27. The molecular weight excluding hydrogens is 250 g/mol. The van der Waals surface area contributed by atoms with Gasteiger partial charge in [0.15, 0.2) is 12.4 Å². The fraction of sp³-hybridized carbons (Fsp3) is 0.333. The number of hydrogen-bond donors (Lipinski definition) is 0. The average Bonchev–Trinajstić information content (AvgIpc) is 2.87. The van der Waals surface area contributed by atoms with Crippen LogP contribution in [0.5, 0.6) is 0 Å². The molecule has 0 N–H and O–H groups in total. The Kier molecular flexibility index (Phi) is 3.13. The zero-order valence-corrected chi connectivity index (χ0v) is 8.91. The minimum absolute atomic E-state index is 0.0112. The van der Waals surface area contributed by atoms with Gasteiger partial charge < -0.3 is 13.6 Å². The average molecular weight is 257 g/mol. The van der Waals surface area contributed by atoms with Gasteiger partial charge in [0, 0.05) is 12.8 Å². The van der Waals surface area contributed by atoms with Gasteiger partial charge in [0.05, 0.1) is 0 Å². The molecule has 0 bridgehead atoms. The van der Waals surface area contributed by atoms with Gasteiger partial charge in [-0.25, -0.2) is 9.59 Å². The maximum atomic E-state index is 11.1. The molecular formula is C9H7NO8. The van der Waals surface area contributed by atoms with Crippen molar-refractivity contribution in [2.45, 2.75) is 19.4 Å². The van der Waals surface area contributed by atoms with Gasteiger partial charge in [-0.1, -0.05) is 5.06 Å². The molecule has 0 aliphatic carbocycles. The maximum Gasteiger partial charge on any atom is 0.534 e. The molecule has 9 nitrogen and oxygen atoms in total. The molecule has 0 aromatic carbocycles. The van der Waals surface area contributed by atoms with Crippen molar-refractivity contribution < 1.29 is 32.8 Å². The number of carbonyl (C=O) groups excluding carboxylic acids is 3. The Morgan fingerprint density at radius 2 is 1.94 bits per heavy atom. The number of hydroxylamine groups is 2. The van der Waals surface area contributed by atoms with E-state index in [1.54, 1.807) is 0 Å². The van der Waals surface area contributed by atoms with E-state index in [1.807, 2.05) is 0 Å². The smallest absolute Gasteiger partial charge is 0.424 e. The summed E-state index contributed by atoms with van der Waals surface area (Å²) >= 11 is 0. The summed E-state index contributed by atoms with van der Waals surface area (Å²) in [5.41, 5.74) is 0. The van der Waals surface area contributed by atoms with Gasteiger partial charge in [-0.15, -0.1) is 0 Å². The van der Waals surface area contributed by atoms with E-state index in [1.165, 1.54) is 0 Å². The van der Waals surface area contributed by atoms with Crippen molar-refractivity contribution in [1.29, 1.82) is 0 Å². The highest BCUT2D eigenvalue weighted by Gasteiger charge is 2.33. The lowest BCUT2D eigenvalue weighted by Crippen LogP contribution is -2.32. The highest BCUT2D eigenvalue weighted by Crippen LogP contribution is 2.12. The predicted molar refractivity (Wildman–Crippen MR) is 49.6 cm³/mol.